The molecule has 1 aromatic rings. The molecule has 0 aliphatic carbocycles. The van der Waals surface area contributed by atoms with Gasteiger partial charge in [0, 0.05) is 25.1 Å². The van der Waals surface area contributed by atoms with Crippen LogP contribution >= 0.6 is 0 Å². The van der Waals surface area contributed by atoms with Crippen LogP contribution in [0.3, 0.4) is 0 Å². The summed E-state index contributed by atoms with van der Waals surface area (Å²) >= 11 is 0. The standard InChI is InChI=1S/C15H23BN2O7S/c1-3-24-15(20)11-6-4-5-10-9-12(16(21)25-14(10)11)18-13(19)7-8-17-26(2,22)23/h4-6,12,15,17,20-21H,3,7-9H2,1-2H3,(H,18,19)/t12-,15?/m0/s1. The highest BCUT2D eigenvalue weighted by molar-refractivity contribution is 7.88. The van der Waals surface area contributed by atoms with Crippen molar-refractivity contribution < 1.29 is 32.7 Å². The van der Waals surface area contributed by atoms with E-state index in [-0.39, 0.29) is 13.0 Å². The Hall–Kier alpha value is -1.66. The third kappa shape index (κ3) is 5.68. The second kappa shape index (κ2) is 8.82. The zero-order valence-corrected chi connectivity index (χ0v) is 15.5. The summed E-state index contributed by atoms with van der Waals surface area (Å²) < 4.78 is 34.9. The van der Waals surface area contributed by atoms with E-state index in [4.69, 9.17) is 9.39 Å². The Labute approximate surface area is 152 Å². The highest BCUT2D eigenvalue weighted by Crippen LogP contribution is 2.34. The molecular weight excluding hydrogens is 363 g/mol. The lowest BCUT2D eigenvalue weighted by Gasteiger charge is -2.30. The first kappa shape index (κ1) is 20.7. The van der Waals surface area contributed by atoms with Crippen LogP contribution in [0.15, 0.2) is 18.2 Å². The van der Waals surface area contributed by atoms with E-state index >= 15 is 0 Å². The van der Waals surface area contributed by atoms with Gasteiger partial charge in [-0.1, -0.05) is 18.2 Å². The average Bonchev–Trinajstić information content (AvgIpc) is 2.54. The molecule has 9 nitrogen and oxygen atoms in total. The van der Waals surface area contributed by atoms with Gasteiger partial charge in [0.1, 0.15) is 5.75 Å². The molecule has 1 aliphatic rings. The Morgan fingerprint density at radius 1 is 1.50 bits per heavy atom. The molecule has 11 heteroatoms. The smallest absolute Gasteiger partial charge is 0.534 e. The monoisotopic (exact) mass is 386 g/mol. The Morgan fingerprint density at radius 2 is 2.23 bits per heavy atom. The van der Waals surface area contributed by atoms with Crippen molar-refractivity contribution in [3.05, 3.63) is 29.3 Å². The molecule has 1 heterocycles. The minimum absolute atomic E-state index is 0.0321. The van der Waals surface area contributed by atoms with Gasteiger partial charge in [-0.15, -0.1) is 0 Å². The van der Waals surface area contributed by atoms with Gasteiger partial charge >= 0.3 is 7.12 Å². The molecule has 1 aromatic carbocycles. The van der Waals surface area contributed by atoms with Crippen LogP contribution in [0.5, 0.6) is 5.75 Å². The number of hydrogen-bond donors (Lipinski definition) is 4. The predicted molar refractivity (Wildman–Crippen MR) is 94.7 cm³/mol. The molecule has 0 saturated heterocycles. The minimum atomic E-state index is -3.36. The molecule has 1 amide bonds. The van der Waals surface area contributed by atoms with E-state index in [0.717, 1.165) is 6.26 Å². The number of para-hydroxylation sites is 1. The highest BCUT2D eigenvalue weighted by atomic mass is 32.2. The van der Waals surface area contributed by atoms with Gasteiger partial charge in [0.25, 0.3) is 0 Å². The SMILES string of the molecule is CCOC(O)c1cccc2c1OB(O)[C@@H](NC(=O)CCNS(C)(=O)=O)C2. The molecule has 0 saturated carbocycles. The number of amides is 1. The van der Waals surface area contributed by atoms with E-state index in [1.807, 2.05) is 0 Å². The van der Waals surface area contributed by atoms with Gasteiger partial charge in [-0.25, -0.2) is 13.1 Å². The fourth-order valence-corrected chi connectivity index (χ4v) is 3.12. The van der Waals surface area contributed by atoms with E-state index in [0.29, 0.717) is 29.9 Å². The summed E-state index contributed by atoms with van der Waals surface area (Å²) in [4.78, 5) is 11.9. The first-order valence-corrected chi connectivity index (χ1v) is 10.1. The Morgan fingerprint density at radius 3 is 2.88 bits per heavy atom. The van der Waals surface area contributed by atoms with Crippen molar-refractivity contribution >= 4 is 23.0 Å². The van der Waals surface area contributed by atoms with Crippen LogP contribution in [0.2, 0.25) is 0 Å². The molecule has 0 bridgehead atoms. The summed E-state index contributed by atoms with van der Waals surface area (Å²) in [6.07, 6.45) is 0.0746. The van der Waals surface area contributed by atoms with Gasteiger partial charge in [0.15, 0.2) is 6.29 Å². The zero-order valence-electron chi connectivity index (χ0n) is 14.6. The molecular formula is C15H23BN2O7S. The third-order valence-electron chi connectivity index (χ3n) is 3.80. The number of carbonyl (C=O) groups excluding carboxylic acids is 1. The number of rotatable bonds is 8. The van der Waals surface area contributed by atoms with E-state index in [9.17, 15) is 23.3 Å². The zero-order chi connectivity index (χ0) is 19.3. The normalized spacial score (nSPS) is 18.0. The number of hydrogen-bond acceptors (Lipinski definition) is 7. The molecule has 0 aromatic heterocycles. The van der Waals surface area contributed by atoms with Crippen molar-refractivity contribution in [3.8, 4) is 5.75 Å². The van der Waals surface area contributed by atoms with Gasteiger partial charge in [0.05, 0.1) is 12.2 Å². The maximum absolute atomic E-state index is 11.9. The molecule has 4 N–H and O–H groups in total. The highest BCUT2D eigenvalue weighted by Gasteiger charge is 2.37. The van der Waals surface area contributed by atoms with Crippen molar-refractivity contribution in [1.29, 1.82) is 0 Å². The summed E-state index contributed by atoms with van der Waals surface area (Å²) in [6, 6.07) is 5.14. The molecule has 2 atom stereocenters. The predicted octanol–water partition coefficient (Wildman–Crippen LogP) is -0.907. The molecule has 1 unspecified atom stereocenters. The largest absolute Gasteiger partial charge is 0.547 e. The van der Waals surface area contributed by atoms with Crippen molar-refractivity contribution in [2.75, 3.05) is 19.4 Å². The van der Waals surface area contributed by atoms with E-state index in [2.05, 4.69) is 10.0 Å². The van der Waals surface area contributed by atoms with Crippen molar-refractivity contribution in [2.24, 2.45) is 0 Å². The van der Waals surface area contributed by atoms with Gasteiger partial charge in [-0.3, -0.25) is 4.79 Å². The molecule has 2 rings (SSSR count). The average molecular weight is 386 g/mol. The maximum atomic E-state index is 11.9. The van der Waals surface area contributed by atoms with Crippen molar-refractivity contribution in [3.63, 3.8) is 0 Å². The van der Waals surface area contributed by atoms with Gasteiger partial charge in [-0.2, -0.15) is 0 Å². The number of ether oxygens (including phenoxy) is 1. The van der Waals surface area contributed by atoms with Crippen LogP contribution in [0, 0.1) is 0 Å². The summed E-state index contributed by atoms with van der Waals surface area (Å²) in [5.74, 6) is -0.763. The van der Waals surface area contributed by atoms with Crippen LogP contribution in [-0.4, -0.2) is 56.9 Å². The lowest BCUT2D eigenvalue weighted by Crippen LogP contribution is -2.53. The summed E-state index contributed by atoms with van der Waals surface area (Å²) in [6.45, 7) is 2.03. The summed E-state index contributed by atoms with van der Waals surface area (Å²) in [7, 11) is -4.66. The number of nitrogens with one attached hydrogen (secondary N) is 2. The molecule has 0 fully saturated rings. The van der Waals surface area contributed by atoms with E-state index in [1.54, 1.807) is 25.1 Å². The third-order valence-corrected chi connectivity index (χ3v) is 4.53. The number of aliphatic hydroxyl groups is 1. The summed E-state index contributed by atoms with van der Waals surface area (Å²) in [5.41, 5.74) is 1.12. The second-order valence-corrected chi connectivity index (χ2v) is 7.78. The number of benzene rings is 1. The first-order valence-electron chi connectivity index (χ1n) is 8.21. The minimum Gasteiger partial charge on any atom is -0.534 e. The van der Waals surface area contributed by atoms with Gasteiger partial charge in [0.2, 0.25) is 15.9 Å². The Bertz CT molecular complexity index is 744. The van der Waals surface area contributed by atoms with Gasteiger partial charge < -0.3 is 24.8 Å². The van der Waals surface area contributed by atoms with E-state index < -0.39 is 35.3 Å². The maximum Gasteiger partial charge on any atom is 0.547 e. The fourth-order valence-electron chi connectivity index (χ4n) is 2.64. The molecule has 144 valence electrons. The van der Waals surface area contributed by atoms with Crippen LogP contribution in [0.4, 0.5) is 0 Å². The van der Waals surface area contributed by atoms with E-state index in [1.165, 1.54) is 0 Å². The quantitative estimate of drug-likeness (QED) is 0.336. The lowest BCUT2D eigenvalue weighted by atomic mass is 9.72. The molecule has 26 heavy (non-hydrogen) atoms. The Balaban J connectivity index is 2.01. The summed E-state index contributed by atoms with van der Waals surface area (Å²) in [5, 5.41) is 22.8. The molecule has 1 aliphatic heterocycles. The van der Waals surface area contributed by atoms with Crippen LogP contribution in [0.25, 0.3) is 0 Å². The number of aliphatic hydroxyl groups excluding tert-OH is 1. The molecule has 0 spiro atoms. The van der Waals surface area contributed by atoms with Crippen LogP contribution in [0.1, 0.15) is 30.8 Å². The van der Waals surface area contributed by atoms with Crippen LogP contribution in [-0.2, 0) is 26.0 Å². The number of carbonyl (C=O) groups is 1. The number of fused-ring (bicyclic) bond motifs is 1. The van der Waals surface area contributed by atoms with Crippen molar-refractivity contribution in [1.82, 2.24) is 10.0 Å². The topological polar surface area (TPSA) is 134 Å². The first-order chi connectivity index (χ1) is 12.2. The molecule has 0 radical (unpaired) electrons. The lowest BCUT2D eigenvalue weighted by molar-refractivity contribution is -0.121. The Kier molecular flexibility index (Phi) is 7.01. The van der Waals surface area contributed by atoms with Crippen LogP contribution < -0.4 is 14.7 Å². The number of sulfonamides is 1. The second-order valence-electron chi connectivity index (χ2n) is 5.95. The van der Waals surface area contributed by atoms with Crippen molar-refractivity contribution in [2.45, 2.75) is 32.0 Å². The van der Waals surface area contributed by atoms with Gasteiger partial charge in [-0.05, 0) is 18.9 Å². The fraction of sp³-hybridized carbons (Fsp3) is 0.533.